The molecule has 2 aromatic carbocycles. The van der Waals surface area contributed by atoms with Gasteiger partial charge < -0.3 is 20.9 Å². The summed E-state index contributed by atoms with van der Waals surface area (Å²) >= 11 is 0. The summed E-state index contributed by atoms with van der Waals surface area (Å²) in [4.78, 5) is 0. The lowest BCUT2D eigenvalue weighted by atomic mass is 9.91. The first-order valence-corrected chi connectivity index (χ1v) is 17.6. The lowest BCUT2D eigenvalue weighted by molar-refractivity contribution is -0.299. The Balaban J connectivity index is 1.82. The fourth-order valence-corrected chi connectivity index (χ4v) is 7.74. The zero-order chi connectivity index (χ0) is 30.3. The van der Waals surface area contributed by atoms with Gasteiger partial charge in [0.15, 0.2) is 9.84 Å². The molecule has 4 N–H and O–H groups in total. The van der Waals surface area contributed by atoms with Gasteiger partial charge in [0.1, 0.15) is 17.3 Å². The predicted octanol–water partition coefficient (Wildman–Crippen LogP) is 3.93. The summed E-state index contributed by atoms with van der Waals surface area (Å²) in [5, 5.41) is 15.2. The third-order valence-corrected chi connectivity index (χ3v) is 10.5. The zero-order valence-electron chi connectivity index (χ0n) is 21.9. The van der Waals surface area contributed by atoms with E-state index in [-0.39, 0.29) is 24.3 Å². The molecule has 0 aromatic heterocycles. The highest BCUT2D eigenvalue weighted by Gasteiger charge is 2.59. The third-order valence-electron chi connectivity index (χ3n) is 6.65. The van der Waals surface area contributed by atoms with Crippen LogP contribution in [0.4, 0.5) is 36.4 Å². The van der Waals surface area contributed by atoms with Crippen LogP contribution in [0.2, 0.25) is 19.6 Å². The molecule has 6 nitrogen and oxygen atoms in total. The van der Waals surface area contributed by atoms with Gasteiger partial charge in [-0.15, -0.1) is 0 Å². The zero-order valence-corrected chi connectivity index (χ0v) is 23.7. The molecule has 0 spiro atoms. The van der Waals surface area contributed by atoms with Crippen LogP contribution in [0.5, 0.6) is 5.75 Å². The topological polar surface area (TPSA) is 102 Å². The van der Waals surface area contributed by atoms with Crippen molar-refractivity contribution in [1.82, 2.24) is 5.32 Å². The number of hydrogen-bond donors (Lipinski definition) is 3. The maximum Gasteiger partial charge on any atom is 0.434 e. The Bertz CT molecular complexity index is 1300. The number of rotatable bonds is 8. The van der Waals surface area contributed by atoms with E-state index >= 15 is 0 Å². The van der Waals surface area contributed by atoms with Crippen LogP contribution in [0, 0.1) is 11.7 Å². The molecule has 1 aliphatic heterocycles. The van der Waals surface area contributed by atoms with Gasteiger partial charge >= 0.3 is 12.4 Å². The average Bonchev–Trinajstić information content (AvgIpc) is 2.79. The average molecular weight is 617 g/mol. The van der Waals surface area contributed by atoms with Gasteiger partial charge in [-0.1, -0.05) is 49.1 Å². The molecule has 40 heavy (non-hydrogen) atoms. The number of nitrogens with two attached hydrogens (primary N) is 1. The number of halogens is 7. The van der Waals surface area contributed by atoms with Crippen molar-refractivity contribution in [2.45, 2.75) is 63.2 Å². The van der Waals surface area contributed by atoms with Crippen molar-refractivity contribution in [2.75, 3.05) is 17.2 Å². The maximum absolute atomic E-state index is 14.4. The molecular weight excluding hydrogens is 585 g/mol. The van der Waals surface area contributed by atoms with E-state index in [1.807, 2.05) is 24.3 Å². The molecular formula is C25H31F7N2O4SSi. The Kier molecular flexibility index (Phi) is 9.24. The van der Waals surface area contributed by atoms with E-state index in [4.69, 9.17) is 5.73 Å². The van der Waals surface area contributed by atoms with Crippen LogP contribution in [0.15, 0.2) is 36.4 Å². The molecule has 0 saturated carbocycles. The summed E-state index contributed by atoms with van der Waals surface area (Å²) in [5.41, 5.74) is 4.97. The summed E-state index contributed by atoms with van der Waals surface area (Å²) in [6, 6.07) is 8.30. The Labute approximate surface area is 228 Å². The molecule has 0 aliphatic carbocycles. The molecule has 224 valence electrons. The largest absolute Gasteiger partial charge is 0.469 e. The highest BCUT2D eigenvalue weighted by Crippen LogP contribution is 2.39. The molecule has 0 amide bonds. The van der Waals surface area contributed by atoms with Crippen molar-refractivity contribution in [1.29, 1.82) is 0 Å². The van der Waals surface area contributed by atoms with Crippen molar-refractivity contribution in [3.63, 3.8) is 0 Å². The molecule has 3 atom stereocenters. The van der Waals surface area contributed by atoms with Gasteiger partial charge in [-0.25, -0.2) is 12.8 Å². The van der Waals surface area contributed by atoms with Crippen LogP contribution in [-0.4, -0.2) is 63.7 Å². The van der Waals surface area contributed by atoms with Crippen LogP contribution >= 0.6 is 0 Å². The summed E-state index contributed by atoms with van der Waals surface area (Å²) in [6.07, 6.45) is -17.6. The molecule has 1 heterocycles. The summed E-state index contributed by atoms with van der Waals surface area (Å²) in [6.45, 7) is 6.76. The number of ether oxygens (including phenoxy) is 1. The third kappa shape index (κ3) is 8.10. The number of anilines is 1. The van der Waals surface area contributed by atoms with E-state index in [1.165, 1.54) is 5.19 Å². The minimum absolute atomic E-state index is 0.187. The Morgan fingerprint density at radius 1 is 1.05 bits per heavy atom. The van der Waals surface area contributed by atoms with Gasteiger partial charge in [0.2, 0.25) is 0 Å². The second kappa shape index (κ2) is 11.5. The molecule has 1 aliphatic rings. The van der Waals surface area contributed by atoms with Gasteiger partial charge in [-0.05, 0) is 29.7 Å². The first-order valence-electron chi connectivity index (χ1n) is 12.3. The van der Waals surface area contributed by atoms with Gasteiger partial charge in [-0.2, -0.15) is 26.3 Å². The number of nitrogen functional groups attached to an aromatic ring is 1. The van der Waals surface area contributed by atoms with Crippen LogP contribution in [-0.2, 0) is 22.8 Å². The molecule has 0 bridgehead atoms. The first-order chi connectivity index (χ1) is 18.2. The van der Waals surface area contributed by atoms with Crippen LogP contribution in [0.3, 0.4) is 0 Å². The number of alkyl halides is 6. The van der Waals surface area contributed by atoms with Crippen molar-refractivity contribution >= 4 is 28.8 Å². The highest BCUT2D eigenvalue weighted by atomic mass is 32.2. The minimum Gasteiger partial charge on any atom is -0.469 e. The van der Waals surface area contributed by atoms with E-state index in [9.17, 15) is 44.3 Å². The van der Waals surface area contributed by atoms with Gasteiger partial charge in [0.25, 0.3) is 6.10 Å². The van der Waals surface area contributed by atoms with Gasteiger partial charge in [0, 0.05) is 18.5 Å². The SMILES string of the molecule is C[Si](C)(C)c1cccc(CN[C@H]2CS(=O)(=O)C[C@@H](Cc3cc(F)c(N)c(OC(C(F)(F)F)C(F)(F)F)c3)[C@@H]2O)c1. The standard InChI is InChI=1S/C25H31F7N2O4SSi/c1-40(2,3)17-6-4-5-14(8-17)11-34-19-13-39(36,37)12-16(22(19)35)7-15-9-18(26)21(33)20(10-15)38-23(24(27,28)29)25(30,31)32/h4-6,8-10,16,19,22-23,34-35H,7,11-13,33H2,1-3H3/t16-,19+,22+/m1/s1. The molecule has 1 fully saturated rings. The Morgan fingerprint density at radius 3 is 2.25 bits per heavy atom. The molecule has 0 radical (unpaired) electrons. The highest BCUT2D eigenvalue weighted by molar-refractivity contribution is 7.91. The molecule has 2 aromatic rings. The summed E-state index contributed by atoms with van der Waals surface area (Å²) < 4.78 is 122. The number of nitrogens with one attached hydrogen (secondary N) is 1. The number of benzene rings is 2. The smallest absolute Gasteiger partial charge is 0.434 e. The van der Waals surface area contributed by atoms with Crippen molar-refractivity contribution in [2.24, 2.45) is 5.92 Å². The van der Waals surface area contributed by atoms with E-state index in [2.05, 4.69) is 29.7 Å². The van der Waals surface area contributed by atoms with Crippen molar-refractivity contribution in [3.05, 3.63) is 53.3 Å². The van der Waals surface area contributed by atoms with E-state index < -0.39 is 77.4 Å². The molecule has 0 unspecified atom stereocenters. The second-order valence-electron chi connectivity index (χ2n) is 11.0. The lowest BCUT2D eigenvalue weighted by Crippen LogP contribution is -2.54. The number of hydrogen-bond acceptors (Lipinski definition) is 6. The molecule has 3 rings (SSSR count). The van der Waals surface area contributed by atoms with E-state index in [0.717, 1.165) is 11.6 Å². The normalized spacial score (nSPS) is 21.9. The Morgan fingerprint density at radius 2 is 1.68 bits per heavy atom. The summed E-state index contributed by atoms with van der Waals surface area (Å²) in [7, 11) is -5.34. The van der Waals surface area contributed by atoms with Crippen LogP contribution in [0.1, 0.15) is 11.1 Å². The van der Waals surface area contributed by atoms with E-state index in [1.54, 1.807) is 0 Å². The monoisotopic (exact) mass is 616 g/mol. The molecule has 15 heteroatoms. The van der Waals surface area contributed by atoms with Gasteiger partial charge in [-0.3, -0.25) is 0 Å². The number of aliphatic hydroxyl groups is 1. The quantitative estimate of drug-likeness (QED) is 0.236. The minimum atomic E-state index is -5.86. The number of sulfone groups is 1. The molecule has 1 saturated heterocycles. The first kappa shape index (κ1) is 32.2. The van der Waals surface area contributed by atoms with Crippen molar-refractivity contribution < 1.29 is 49.0 Å². The number of aliphatic hydroxyl groups excluding tert-OH is 1. The fourth-order valence-electron chi connectivity index (χ4n) is 4.56. The van der Waals surface area contributed by atoms with Crippen LogP contribution < -0.4 is 21.0 Å². The summed E-state index contributed by atoms with van der Waals surface area (Å²) in [5.74, 6) is -4.49. The van der Waals surface area contributed by atoms with E-state index in [0.29, 0.717) is 6.07 Å². The fraction of sp³-hybridized carbons (Fsp3) is 0.520. The second-order valence-corrected chi connectivity index (χ2v) is 18.3. The maximum atomic E-state index is 14.4. The lowest BCUT2D eigenvalue weighted by Gasteiger charge is -2.35. The van der Waals surface area contributed by atoms with Crippen LogP contribution in [0.25, 0.3) is 0 Å². The predicted molar refractivity (Wildman–Crippen MR) is 139 cm³/mol. The van der Waals surface area contributed by atoms with Crippen molar-refractivity contribution in [3.8, 4) is 5.75 Å². The van der Waals surface area contributed by atoms with Gasteiger partial charge in [0.05, 0.1) is 25.7 Å². The Hall–Kier alpha value is -2.36.